The number of ether oxygens (including phenoxy) is 1. The van der Waals surface area contributed by atoms with Gasteiger partial charge in [-0.25, -0.2) is 4.39 Å². The summed E-state index contributed by atoms with van der Waals surface area (Å²) in [6.07, 6.45) is 2.10. The highest BCUT2D eigenvalue weighted by Crippen LogP contribution is 2.26. The SMILES string of the molecule is NC(=O)CSc1nnc(-c2ccc(F)cc2)n1C[C@@H]1CCCO1. The molecule has 0 saturated carbocycles. The van der Waals surface area contributed by atoms with E-state index in [9.17, 15) is 9.18 Å². The van der Waals surface area contributed by atoms with E-state index in [0.29, 0.717) is 17.5 Å². The zero-order valence-corrected chi connectivity index (χ0v) is 13.3. The third-order valence-corrected chi connectivity index (χ3v) is 4.56. The fraction of sp³-hybridized carbons (Fsp3) is 0.400. The summed E-state index contributed by atoms with van der Waals surface area (Å²) in [7, 11) is 0. The molecule has 1 saturated heterocycles. The Hall–Kier alpha value is -1.93. The summed E-state index contributed by atoms with van der Waals surface area (Å²) in [6.45, 7) is 1.35. The molecule has 23 heavy (non-hydrogen) atoms. The normalized spacial score (nSPS) is 17.5. The Balaban J connectivity index is 1.90. The van der Waals surface area contributed by atoms with E-state index in [2.05, 4.69) is 10.2 Å². The molecule has 1 aromatic carbocycles. The van der Waals surface area contributed by atoms with Gasteiger partial charge in [-0.2, -0.15) is 0 Å². The van der Waals surface area contributed by atoms with Gasteiger partial charge >= 0.3 is 0 Å². The first-order chi connectivity index (χ1) is 11.1. The lowest BCUT2D eigenvalue weighted by atomic mass is 10.2. The number of amides is 1. The second kappa shape index (κ2) is 7.10. The predicted molar refractivity (Wildman–Crippen MR) is 84.3 cm³/mol. The summed E-state index contributed by atoms with van der Waals surface area (Å²) in [4.78, 5) is 11.0. The van der Waals surface area contributed by atoms with Crippen molar-refractivity contribution in [2.75, 3.05) is 12.4 Å². The molecule has 1 aromatic heterocycles. The van der Waals surface area contributed by atoms with E-state index in [0.717, 1.165) is 25.0 Å². The summed E-state index contributed by atoms with van der Waals surface area (Å²) in [6, 6.07) is 6.09. The molecule has 8 heteroatoms. The minimum atomic E-state index is -0.412. The number of hydrogen-bond donors (Lipinski definition) is 1. The van der Waals surface area contributed by atoms with Crippen LogP contribution < -0.4 is 5.73 Å². The number of primary amides is 1. The highest BCUT2D eigenvalue weighted by Gasteiger charge is 2.22. The maximum atomic E-state index is 13.1. The molecule has 122 valence electrons. The van der Waals surface area contributed by atoms with Gasteiger partial charge < -0.3 is 10.5 Å². The number of carbonyl (C=O) groups excluding carboxylic acids is 1. The lowest BCUT2D eigenvalue weighted by Crippen LogP contribution is -2.18. The van der Waals surface area contributed by atoms with Crippen molar-refractivity contribution in [2.45, 2.75) is 30.6 Å². The van der Waals surface area contributed by atoms with E-state index in [1.165, 1.54) is 23.9 Å². The largest absolute Gasteiger partial charge is 0.376 e. The second-order valence-electron chi connectivity index (χ2n) is 5.31. The molecule has 0 spiro atoms. The molecule has 1 amide bonds. The van der Waals surface area contributed by atoms with E-state index >= 15 is 0 Å². The van der Waals surface area contributed by atoms with Crippen molar-refractivity contribution in [1.82, 2.24) is 14.8 Å². The first-order valence-electron chi connectivity index (χ1n) is 7.35. The van der Waals surface area contributed by atoms with Gasteiger partial charge in [-0.1, -0.05) is 11.8 Å². The van der Waals surface area contributed by atoms with Crippen LogP contribution >= 0.6 is 11.8 Å². The number of thioether (sulfide) groups is 1. The number of rotatable bonds is 6. The zero-order valence-electron chi connectivity index (χ0n) is 12.4. The summed E-state index contributed by atoms with van der Waals surface area (Å²) < 4.78 is 20.7. The Bertz CT molecular complexity index is 683. The average molecular weight is 336 g/mol. The van der Waals surface area contributed by atoms with E-state index in [1.54, 1.807) is 12.1 Å². The van der Waals surface area contributed by atoms with Crippen molar-refractivity contribution >= 4 is 17.7 Å². The first kappa shape index (κ1) is 15.9. The third kappa shape index (κ3) is 3.89. The summed E-state index contributed by atoms with van der Waals surface area (Å²) >= 11 is 1.24. The number of benzene rings is 1. The third-order valence-electron chi connectivity index (χ3n) is 3.57. The van der Waals surface area contributed by atoms with E-state index in [1.807, 2.05) is 4.57 Å². The Morgan fingerprint density at radius 2 is 2.17 bits per heavy atom. The van der Waals surface area contributed by atoms with Gasteiger partial charge in [-0.3, -0.25) is 9.36 Å². The van der Waals surface area contributed by atoms with Crippen molar-refractivity contribution in [3.05, 3.63) is 30.1 Å². The number of hydrogen-bond acceptors (Lipinski definition) is 5. The van der Waals surface area contributed by atoms with Crippen molar-refractivity contribution in [1.29, 1.82) is 0 Å². The average Bonchev–Trinajstić information content (AvgIpc) is 3.17. The Morgan fingerprint density at radius 1 is 1.39 bits per heavy atom. The van der Waals surface area contributed by atoms with Crippen LogP contribution in [-0.2, 0) is 16.1 Å². The van der Waals surface area contributed by atoms with Gasteiger partial charge in [0.15, 0.2) is 11.0 Å². The van der Waals surface area contributed by atoms with Crippen LogP contribution in [0.4, 0.5) is 4.39 Å². The fourth-order valence-electron chi connectivity index (χ4n) is 2.50. The van der Waals surface area contributed by atoms with Gasteiger partial charge in [0.1, 0.15) is 5.82 Å². The molecule has 1 aliphatic heterocycles. The molecule has 1 aliphatic rings. The highest BCUT2D eigenvalue weighted by molar-refractivity contribution is 7.99. The first-order valence-corrected chi connectivity index (χ1v) is 8.34. The molecule has 2 heterocycles. The van der Waals surface area contributed by atoms with Crippen LogP contribution in [0.15, 0.2) is 29.4 Å². The molecule has 1 fully saturated rings. The molecule has 3 rings (SSSR count). The van der Waals surface area contributed by atoms with Crippen LogP contribution in [-0.4, -0.2) is 39.1 Å². The van der Waals surface area contributed by atoms with Crippen LogP contribution in [0.5, 0.6) is 0 Å². The molecule has 2 N–H and O–H groups in total. The number of nitrogens with two attached hydrogens (primary N) is 1. The minimum Gasteiger partial charge on any atom is -0.376 e. The zero-order chi connectivity index (χ0) is 16.2. The van der Waals surface area contributed by atoms with Crippen molar-refractivity contribution < 1.29 is 13.9 Å². The molecule has 0 radical (unpaired) electrons. The predicted octanol–water partition coefficient (Wildman–Crippen LogP) is 1.84. The molecule has 6 nitrogen and oxygen atoms in total. The monoisotopic (exact) mass is 336 g/mol. The van der Waals surface area contributed by atoms with Gasteiger partial charge in [-0.05, 0) is 37.1 Å². The lowest BCUT2D eigenvalue weighted by molar-refractivity contribution is -0.115. The second-order valence-corrected chi connectivity index (χ2v) is 6.26. The maximum Gasteiger partial charge on any atom is 0.227 e. The molecular weight excluding hydrogens is 319 g/mol. The van der Waals surface area contributed by atoms with Gasteiger partial charge in [0, 0.05) is 12.2 Å². The molecule has 0 unspecified atom stereocenters. The van der Waals surface area contributed by atoms with Gasteiger partial charge in [0.25, 0.3) is 0 Å². The molecular formula is C15H17FN4O2S. The number of aromatic nitrogens is 3. The Kier molecular flexibility index (Phi) is 4.92. The quantitative estimate of drug-likeness (QED) is 0.814. The molecule has 1 atom stereocenters. The van der Waals surface area contributed by atoms with Crippen molar-refractivity contribution in [3.8, 4) is 11.4 Å². The summed E-state index contributed by atoms with van der Waals surface area (Å²) in [5.41, 5.74) is 5.97. The fourth-order valence-corrected chi connectivity index (χ4v) is 3.19. The summed E-state index contributed by atoms with van der Waals surface area (Å²) in [5.74, 6) is 0.0484. The molecule has 0 bridgehead atoms. The maximum absolute atomic E-state index is 13.1. The summed E-state index contributed by atoms with van der Waals surface area (Å²) in [5, 5.41) is 8.96. The molecule has 0 aliphatic carbocycles. The van der Waals surface area contributed by atoms with E-state index < -0.39 is 5.91 Å². The van der Waals surface area contributed by atoms with Crippen LogP contribution in [0.3, 0.4) is 0 Å². The van der Waals surface area contributed by atoms with Crippen LogP contribution in [0.25, 0.3) is 11.4 Å². The van der Waals surface area contributed by atoms with Crippen LogP contribution in [0.2, 0.25) is 0 Å². The number of nitrogens with zero attached hydrogens (tertiary/aromatic N) is 3. The van der Waals surface area contributed by atoms with Crippen LogP contribution in [0, 0.1) is 5.82 Å². The van der Waals surface area contributed by atoms with Crippen molar-refractivity contribution in [2.24, 2.45) is 5.73 Å². The van der Waals surface area contributed by atoms with E-state index in [4.69, 9.17) is 10.5 Å². The van der Waals surface area contributed by atoms with Crippen molar-refractivity contribution in [3.63, 3.8) is 0 Å². The Labute approximate surface area is 137 Å². The highest BCUT2D eigenvalue weighted by atomic mass is 32.2. The van der Waals surface area contributed by atoms with Gasteiger partial charge in [0.2, 0.25) is 5.91 Å². The minimum absolute atomic E-state index is 0.0955. The van der Waals surface area contributed by atoms with E-state index in [-0.39, 0.29) is 17.7 Å². The van der Waals surface area contributed by atoms with Gasteiger partial charge in [0.05, 0.1) is 18.4 Å². The lowest BCUT2D eigenvalue weighted by Gasteiger charge is -2.14. The molecule has 2 aromatic rings. The smallest absolute Gasteiger partial charge is 0.227 e. The van der Waals surface area contributed by atoms with Crippen LogP contribution in [0.1, 0.15) is 12.8 Å². The van der Waals surface area contributed by atoms with Gasteiger partial charge in [-0.15, -0.1) is 10.2 Å². The number of halogens is 1. The Morgan fingerprint density at radius 3 is 2.83 bits per heavy atom. The number of carbonyl (C=O) groups is 1. The standard InChI is InChI=1S/C15H17FN4O2S/c16-11-5-3-10(4-6-11)14-18-19-15(23-9-13(17)21)20(14)8-12-2-1-7-22-12/h3-6,12H,1-2,7-9H2,(H2,17,21)/t12-/m0/s1. The topological polar surface area (TPSA) is 83.0 Å².